The molecule has 0 saturated carbocycles. The topological polar surface area (TPSA) is 44.4 Å². The molecule has 0 spiro atoms. The third-order valence-electron chi connectivity index (χ3n) is 5.07. The number of hydrogen-bond acceptors (Lipinski definition) is 4. The summed E-state index contributed by atoms with van der Waals surface area (Å²) in [7, 11) is 3.81. The molecule has 4 rings (SSSR count). The number of anilines is 1. The molecule has 1 aliphatic heterocycles. The predicted octanol–water partition coefficient (Wildman–Crippen LogP) is 4.16. The van der Waals surface area contributed by atoms with Crippen LogP contribution < -0.4 is 9.64 Å². The molecular formula is C21H23ClN4O. The van der Waals surface area contributed by atoms with E-state index < -0.39 is 0 Å². The number of nitrogens with zero attached hydrogens (tertiary/aromatic N) is 3. The van der Waals surface area contributed by atoms with Gasteiger partial charge in [0.15, 0.2) is 0 Å². The number of H-pyrrole nitrogens is 1. The van der Waals surface area contributed by atoms with E-state index in [9.17, 15) is 0 Å². The van der Waals surface area contributed by atoms with Crippen LogP contribution in [0.5, 0.6) is 5.75 Å². The second kappa shape index (κ2) is 7.62. The molecule has 0 radical (unpaired) electrons. The number of hydrogen-bond donors (Lipinski definition) is 1. The van der Waals surface area contributed by atoms with Crippen LogP contribution in [0.15, 0.2) is 48.5 Å². The van der Waals surface area contributed by atoms with Gasteiger partial charge in [-0.1, -0.05) is 29.8 Å². The van der Waals surface area contributed by atoms with Gasteiger partial charge < -0.3 is 14.5 Å². The molecule has 27 heavy (non-hydrogen) atoms. The third-order valence-corrected chi connectivity index (χ3v) is 5.39. The lowest BCUT2D eigenvalue weighted by Crippen LogP contribution is -2.44. The van der Waals surface area contributed by atoms with Gasteiger partial charge in [0.1, 0.15) is 5.75 Å². The SMILES string of the molecule is COc1cccc(Cl)c1-c1cc(-c2ccc(N3CCN(C)CC3)cc2)n[nH]1. The van der Waals surface area contributed by atoms with E-state index in [1.54, 1.807) is 7.11 Å². The Bertz CT molecular complexity index is 914. The van der Waals surface area contributed by atoms with Crippen molar-refractivity contribution in [2.75, 3.05) is 45.2 Å². The average molecular weight is 383 g/mol. The maximum Gasteiger partial charge on any atom is 0.129 e. The summed E-state index contributed by atoms with van der Waals surface area (Å²) in [5.41, 5.74) is 4.89. The molecule has 1 fully saturated rings. The highest BCUT2D eigenvalue weighted by Crippen LogP contribution is 2.36. The standard InChI is InChI=1S/C21H23ClN4O/c1-25-10-12-26(13-11-25)16-8-6-15(7-9-16)18-14-19(24-23-18)21-17(22)4-3-5-20(21)27-2/h3-9,14H,10-13H2,1-2H3,(H,23,24). The predicted molar refractivity (Wildman–Crippen MR) is 111 cm³/mol. The number of nitrogens with one attached hydrogen (secondary N) is 1. The van der Waals surface area contributed by atoms with E-state index in [-0.39, 0.29) is 0 Å². The van der Waals surface area contributed by atoms with Crippen LogP contribution in [0.3, 0.4) is 0 Å². The largest absolute Gasteiger partial charge is 0.496 e. The summed E-state index contributed by atoms with van der Waals surface area (Å²) in [6.07, 6.45) is 0. The summed E-state index contributed by atoms with van der Waals surface area (Å²) in [4.78, 5) is 4.79. The Kier molecular flexibility index (Phi) is 5.05. The van der Waals surface area contributed by atoms with E-state index in [1.165, 1.54) is 5.69 Å². The van der Waals surface area contributed by atoms with E-state index in [0.717, 1.165) is 54.4 Å². The number of halogens is 1. The first kappa shape index (κ1) is 17.9. The number of benzene rings is 2. The Morgan fingerprint density at radius 2 is 1.78 bits per heavy atom. The number of aromatic nitrogens is 2. The molecule has 0 aliphatic carbocycles. The van der Waals surface area contributed by atoms with Gasteiger partial charge in [-0.25, -0.2) is 0 Å². The highest BCUT2D eigenvalue weighted by Gasteiger charge is 2.16. The second-order valence-corrected chi connectivity index (χ2v) is 7.23. The Morgan fingerprint density at radius 3 is 2.48 bits per heavy atom. The van der Waals surface area contributed by atoms with Crippen LogP contribution in [-0.4, -0.2) is 55.4 Å². The third kappa shape index (κ3) is 3.66. The van der Waals surface area contributed by atoms with Gasteiger partial charge in [0.05, 0.1) is 29.1 Å². The molecule has 1 saturated heterocycles. The summed E-state index contributed by atoms with van der Waals surface area (Å²) >= 11 is 6.38. The maximum absolute atomic E-state index is 6.38. The van der Waals surface area contributed by atoms with E-state index in [4.69, 9.17) is 16.3 Å². The highest BCUT2D eigenvalue weighted by atomic mass is 35.5. The summed E-state index contributed by atoms with van der Waals surface area (Å²) in [6.45, 7) is 4.33. The van der Waals surface area contributed by atoms with Gasteiger partial charge in [-0.05, 0) is 37.4 Å². The summed E-state index contributed by atoms with van der Waals surface area (Å²) < 4.78 is 5.44. The number of aromatic amines is 1. The van der Waals surface area contributed by atoms with Crippen molar-refractivity contribution >= 4 is 17.3 Å². The van der Waals surface area contributed by atoms with Crippen LogP contribution >= 0.6 is 11.6 Å². The lowest BCUT2D eigenvalue weighted by atomic mass is 10.1. The molecular weight excluding hydrogens is 360 g/mol. The van der Waals surface area contributed by atoms with Gasteiger partial charge >= 0.3 is 0 Å². The van der Waals surface area contributed by atoms with Crippen LogP contribution in [0.1, 0.15) is 0 Å². The fraction of sp³-hybridized carbons (Fsp3) is 0.286. The lowest BCUT2D eigenvalue weighted by molar-refractivity contribution is 0.313. The molecule has 3 aromatic rings. The highest BCUT2D eigenvalue weighted by molar-refractivity contribution is 6.33. The van der Waals surface area contributed by atoms with E-state index in [1.807, 2.05) is 24.3 Å². The fourth-order valence-electron chi connectivity index (χ4n) is 3.44. The number of methoxy groups -OCH3 is 1. The van der Waals surface area contributed by atoms with Crippen molar-refractivity contribution in [2.24, 2.45) is 0 Å². The molecule has 2 heterocycles. The summed E-state index contributed by atoms with van der Waals surface area (Å²) in [5, 5.41) is 8.19. The number of rotatable bonds is 4. The molecule has 0 unspecified atom stereocenters. The van der Waals surface area contributed by atoms with Crippen LogP contribution in [-0.2, 0) is 0 Å². The second-order valence-electron chi connectivity index (χ2n) is 6.82. The minimum atomic E-state index is 0.634. The molecule has 0 atom stereocenters. The van der Waals surface area contributed by atoms with Crippen molar-refractivity contribution < 1.29 is 4.74 Å². The summed E-state index contributed by atoms with van der Waals surface area (Å²) in [5.74, 6) is 0.725. The molecule has 1 N–H and O–H groups in total. The van der Waals surface area contributed by atoms with E-state index >= 15 is 0 Å². The zero-order chi connectivity index (χ0) is 18.8. The van der Waals surface area contributed by atoms with Crippen molar-refractivity contribution in [1.29, 1.82) is 0 Å². The van der Waals surface area contributed by atoms with Crippen molar-refractivity contribution in [2.45, 2.75) is 0 Å². The van der Waals surface area contributed by atoms with Crippen LogP contribution in [0.25, 0.3) is 22.5 Å². The molecule has 1 aromatic heterocycles. The minimum absolute atomic E-state index is 0.634. The Hall–Kier alpha value is -2.50. The van der Waals surface area contributed by atoms with Crippen molar-refractivity contribution in [1.82, 2.24) is 15.1 Å². The first-order valence-electron chi connectivity index (χ1n) is 9.08. The zero-order valence-corrected chi connectivity index (χ0v) is 16.3. The maximum atomic E-state index is 6.38. The quantitative estimate of drug-likeness (QED) is 0.736. The lowest BCUT2D eigenvalue weighted by Gasteiger charge is -2.34. The first-order chi connectivity index (χ1) is 13.2. The van der Waals surface area contributed by atoms with Gasteiger partial charge in [-0.15, -0.1) is 0 Å². The Balaban J connectivity index is 1.57. The molecule has 0 bridgehead atoms. The van der Waals surface area contributed by atoms with Gasteiger partial charge in [0, 0.05) is 37.4 Å². The van der Waals surface area contributed by atoms with E-state index in [0.29, 0.717) is 5.02 Å². The Labute approximate surface area is 164 Å². The van der Waals surface area contributed by atoms with Crippen molar-refractivity contribution in [3.05, 3.63) is 53.6 Å². The summed E-state index contributed by atoms with van der Waals surface area (Å²) in [6, 6.07) is 16.2. The smallest absolute Gasteiger partial charge is 0.129 e. The van der Waals surface area contributed by atoms with Crippen LogP contribution in [0, 0.1) is 0 Å². The number of likely N-dealkylation sites (N-methyl/N-ethyl adjacent to an activating group) is 1. The average Bonchev–Trinajstić information content (AvgIpc) is 3.18. The monoisotopic (exact) mass is 382 g/mol. The zero-order valence-electron chi connectivity index (χ0n) is 15.6. The van der Waals surface area contributed by atoms with Crippen molar-refractivity contribution in [3.63, 3.8) is 0 Å². The minimum Gasteiger partial charge on any atom is -0.496 e. The molecule has 140 valence electrons. The van der Waals surface area contributed by atoms with E-state index in [2.05, 4.69) is 51.3 Å². The number of ether oxygens (including phenoxy) is 1. The molecule has 2 aromatic carbocycles. The molecule has 5 nitrogen and oxygen atoms in total. The van der Waals surface area contributed by atoms with Crippen molar-refractivity contribution in [3.8, 4) is 28.3 Å². The van der Waals surface area contributed by atoms with Gasteiger partial charge in [0.2, 0.25) is 0 Å². The molecule has 6 heteroatoms. The Morgan fingerprint density at radius 1 is 1.04 bits per heavy atom. The van der Waals surface area contributed by atoms with Gasteiger partial charge in [-0.2, -0.15) is 5.10 Å². The van der Waals surface area contributed by atoms with Gasteiger partial charge in [-0.3, -0.25) is 5.10 Å². The normalized spacial score (nSPS) is 15.1. The molecule has 1 aliphatic rings. The number of piperazine rings is 1. The fourth-order valence-corrected chi connectivity index (χ4v) is 3.71. The van der Waals surface area contributed by atoms with Gasteiger partial charge in [0.25, 0.3) is 0 Å². The first-order valence-corrected chi connectivity index (χ1v) is 9.45. The molecule has 0 amide bonds. The van der Waals surface area contributed by atoms with Crippen LogP contribution in [0.4, 0.5) is 5.69 Å². The van der Waals surface area contributed by atoms with Crippen LogP contribution in [0.2, 0.25) is 5.02 Å².